The number of nitrogens with one attached hydrogen (secondary N) is 1. The molecule has 0 atom stereocenters. The van der Waals surface area contributed by atoms with Crippen LogP contribution in [-0.2, 0) is 4.79 Å². The summed E-state index contributed by atoms with van der Waals surface area (Å²) in [6.45, 7) is 0. The van der Waals surface area contributed by atoms with Gasteiger partial charge in [0.15, 0.2) is 0 Å². The van der Waals surface area contributed by atoms with Gasteiger partial charge in [-0.15, -0.1) is 0 Å². The molecule has 0 saturated heterocycles. The van der Waals surface area contributed by atoms with E-state index in [1.54, 1.807) is 36.4 Å². The van der Waals surface area contributed by atoms with Crippen molar-refractivity contribution in [2.45, 2.75) is 38.0 Å². The average Bonchev–Trinajstić information content (AvgIpc) is 2.64. The third-order valence-electron chi connectivity index (χ3n) is 5.05. The van der Waals surface area contributed by atoms with Gasteiger partial charge in [0.2, 0.25) is 5.91 Å². The van der Waals surface area contributed by atoms with Crippen LogP contribution >= 0.6 is 11.6 Å². The lowest BCUT2D eigenvalue weighted by atomic mass is 9.77. The molecule has 2 aromatic carbocycles. The first-order chi connectivity index (χ1) is 12.5. The Morgan fingerprint density at radius 3 is 2.38 bits per heavy atom. The Morgan fingerprint density at radius 2 is 1.73 bits per heavy atom. The molecule has 0 unspecified atom stereocenters. The number of hydrogen-bond acceptors (Lipinski definition) is 2. The van der Waals surface area contributed by atoms with Crippen LogP contribution in [0, 0.1) is 5.92 Å². The van der Waals surface area contributed by atoms with Crippen LogP contribution in [0.5, 0.6) is 0 Å². The van der Waals surface area contributed by atoms with Crippen LogP contribution in [0.25, 0.3) is 0 Å². The van der Waals surface area contributed by atoms with Crippen molar-refractivity contribution >= 4 is 29.2 Å². The molecule has 0 bridgehead atoms. The van der Waals surface area contributed by atoms with Crippen molar-refractivity contribution in [1.29, 1.82) is 0 Å². The molecule has 136 valence electrons. The molecule has 2 aromatic rings. The Morgan fingerprint density at radius 1 is 1.04 bits per heavy atom. The van der Waals surface area contributed by atoms with Gasteiger partial charge in [0.1, 0.15) is 0 Å². The van der Waals surface area contributed by atoms with Gasteiger partial charge in [0.25, 0.3) is 0 Å². The highest BCUT2D eigenvalue weighted by atomic mass is 35.5. The van der Waals surface area contributed by atoms with Crippen LogP contribution in [0.2, 0.25) is 5.02 Å². The molecule has 2 N–H and O–H groups in total. The smallest absolute Gasteiger partial charge is 0.335 e. The van der Waals surface area contributed by atoms with Crippen LogP contribution in [0.1, 0.15) is 53.9 Å². The van der Waals surface area contributed by atoms with Crippen molar-refractivity contribution in [2.24, 2.45) is 5.92 Å². The molecule has 4 nitrogen and oxygen atoms in total. The van der Waals surface area contributed by atoms with E-state index in [1.165, 1.54) is 0 Å². The molecule has 0 aromatic heterocycles. The van der Waals surface area contributed by atoms with Gasteiger partial charge >= 0.3 is 5.97 Å². The summed E-state index contributed by atoms with van der Waals surface area (Å²) in [6.07, 6.45) is 4.46. The maximum absolute atomic E-state index is 12.2. The summed E-state index contributed by atoms with van der Waals surface area (Å²) in [5.74, 6) is -0.103. The molecule has 0 heterocycles. The predicted octanol–water partition coefficient (Wildman–Crippen LogP) is 5.34. The standard InChI is InChI=1S/C21H22ClNO3/c22-18-8-10-19(11-9-18)23-20(24)12-14-4-6-15(7-5-14)16-2-1-3-17(13-16)21(25)26/h1-3,8-11,13-15H,4-7,12H2,(H,23,24)(H,25,26)/t14-,15+. The van der Waals surface area contributed by atoms with Crippen LogP contribution in [0.4, 0.5) is 5.69 Å². The van der Waals surface area contributed by atoms with E-state index in [0.29, 0.717) is 28.8 Å². The molecule has 5 heteroatoms. The van der Waals surface area contributed by atoms with Gasteiger partial charge in [-0.2, -0.15) is 0 Å². The topological polar surface area (TPSA) is 66.4 Å². The highest BCUT2D eigenvalue weighted by Gasteiger charge is 2.24. The summed E-state index contributed by atoms with van der Waals surface area (Å²) in [7, 11) is 0. The van der Waals surface area contributed by atoms with Crippen molar-refractivity contribution in [3.05, 3.63) is 64.7 Å². The van der Waals surface area contributed by atoms with Gasteiger partial charge in [-0.3, -0.25) is 4.79 Å². The van der Waals surface area contributed by atoms with E-state index in [-0.39, 0.29) is 5.91 Å². The van der Waals surface area contributed by atoms with Crippen molar-refractivity contribution < 1.29 is 14.7 Å². The summed E-state index contributed by atoms with van der Waals surface area (Å²) < 4.78 is 0. The predicted molar refractivity (Wildman–Crippen MR) is 103 cm³/mol. The lowest BCUT2D eigenvalue weighted by Crippen LogP contribution is -2.20. The quantitative estimate of drug-likeness (QED) is 0.745. The van der Waals surface area contributed by atoms with E-state index in [1.807, 2.05) is 12.1 Å². The maximum Gasteiger partial charge on any atom is 0.335 e. The second-order valence-electron chi connectivity index (χ2n) is 6.91. The molecular formula is C21H22ClNO3. The molecule has 1 fully saturated rings. The van der Waals surface area contributed by atoms with Gasteiger partial charge in [0.05, 0.1) is 5.56 Å². The van der Waals surface area contributed by atoms with Gasteiger partial charge in [-0.25, -0.2) is 4.79 Å². The molecule has 0 aliphatic heterocycles. The monoisotopic (exact) mass is 371 g/mol. The van der Waals surface area contributed by atoms with Crippen molar-refractivity contribution in [3.63, 3.8) is 0 Å². The summed E-state index contributed by atoms with van der Waals surface area (Å²) in [6, 6.07) is 14.3. The zero-order valence-corrected chi connectivity index (χ0v) is 15.2. The number of hydrogen-bond donors (Lipinski definition) is 2. The highest BCUT2D eigenvalue weighted by molar-refractivity contribution is 6.30. The number of carboxylic acids is 1. The van der Waals surface area contributed by atoms with E-state index in [4.69, 9.17) is 16.7 Å². The number of amides is 1. The zero-order valence-electron chi connectivity index (χ0n) is 14.5. The third-order valence-corrected chi connectivity index (χ3v) is 5.31. The fourth-order valence-electron chi connectivity index (χ4n) is 3.63. The number of halogens is 1. The molecule has 3 rings (SSSR count). The Hall–Kier alpha value is -2.33. The van der Waals surface area contributed by atoms with Crippen molar-refractivity contribution in [2.75, 3.05) is 5.32 Å². The Kier molecular flexibility index (Phi) is 5.94. The molecule has 26 heavy (non-hydrogen) atoms. The molecule has 0 spiro atoms. The van der Waals surface area contributed by atoms with E-state index in [9.17, 15) is 9.59 Å². The van der Waals surface area contributed by atoms with Crippen molar-refractivity contribution in [3.8, 4) is 0 Å². The molecule has 1 aliphatic carbocycles. The number of anilines is 1. The highest BCUT2D eigenvalue weighted by Crippen LogP contribution is 2.37. The lowest BCUT2D eigenvalue weighted by Gasteiger charge is -2.28. The minimum atomic E-state index is -0.889. The number of rotatable bonds is 5. The zero-order chi connectivity index (χ0) is 18.5. The first-order valence-corrected chi connectivity index (χ1v) is 9.28. The second-order valence-corrected chi connectivity index (χ2v) is 7.34. The van der Waals surface area contributed by atoms with Gasteiger partial charge in [-0.05, 0) is 79.5 Å². The van der Waals surface area contributed by atoms with Crippen LogP contribution in [0.15, 0.2) is 48.5 Å². The summed E-state index contributed by atoms with van der Waals surface area (Å²) in [5.41, 5.74) is 2.19. The number of benzene rings is 2. The third kappa shape index (κ3) is 4.85. The minimum Gasteiger partial charge on any atom is -0.478 e. The van der Waals surface area contributed by atoms with Gasteiger partial charge in [-0.1, -0.05) is 23.7 Å². The van der Waals surface area contributed by atoms with E-state index >= 15 is 0 Å². The lowest BCUT2D eigenvalue weighted by molar-refractivity contribution is -0.117. The van der Waals surface area contributed by atoms with Crippen LogP contribution in [-0.4, -0.2) is 17.0 Å². The van der Waals surface area contributed by atoms with Gasteiger partial charge < -0.3 is 10.4 Å². The molecule has 0 radical (unpaired) electrons. The Labute approximate surface area is 158 Å². The summed E-state index contributed by atoms with van der Waals surface area (Å²) in [5, 5.41) is 12.7. The molecule has 1 amide bonds. The van der Waals surface area contributed by atoms with E-state index in [0.717, 1.165) is 36.9 Å². The number of carbonyl (C=O) groups is 2. The van der Waals surface area contributed by atoms with Crippen LogP contribution in [0.3, 0.4) is 0 Å². The maximum atomic E-state index is 12.2. The fourth-order valence-corrected chi connectivity index (χ4v) is 3.76. The van der Waals surface area contributed by atoms with Crippen LogP contribution < -0.4 is 5.32 Å². The Bertz CT molecular complexity index is 780. The van der Waals surface area contributed by atoms with E-state index < -0.39 is 5.97 Å². The number of carbonyl (C=O) groups excluding carboxylic acids is 1. The number of carboxylic acid groups (broad SMARTS) is 1. The molecule has 1 aliphatic rings. The van der Waals surface area contributed by atoms with E-state index in [2.05, 4.69) is 5.32 Å². The summed E-state index contributed by atoms with van der Waals surface area (Å²) >= 11 is 5.85. The first kappa shape index (κ1) is 18.5. The molecular weight excluding hydrogens is 350 g/mol. The van der Waals surface area contributed by atoms with Gasteiger partial charge in [0, 0.05) is 17.1 Å². The fraction of sp³-hybridized carbons (Fsp3) is 0.333. The number of aromatic carboxylic acids is 1. The summed E-state index contributed by atoms with van der Waals surface area (Å²) in [4.78, 5) is 23.4. The Balaban J connectivity index is 1.50. The largest absolute Gasteiger partial charge is 0.478 e. The average molecular weight is 372 g/mol. The van der Waals surface area contributed by atoms with Crippen molar-refractivity contribution in [1.82, 2.24) is 0 Å². The minimum absolute atomic E-state index is 0.0312. The normalized spacial score (nSPS) is 19.7. The first-order valence-electron chi connectivity index (χ1n) is 8.90. The second kappa shape index (κ2) is 8.37. The molecule has 1 saturated carbocycles. The SMILES string of the molecule is O=C(C[C@H]1CC[C@@H](c2cccc(C(=O)O)c2)CC1)Nc1ccc(Cl)cc1.